The fourth-order valence-electron chi connectivity index (χ4n) is 5.93. The highest BCUT2D eigenvalue weighted by molar-refractivity contribution is 9.10. The fourth-order valence-corrected chi connectivity index (χ4v) is 6.19. The molecular weight excluding hydrogens is 538 g/mol. The van der Waals surface area contributed by atoms with Crippen LogP contribution in [0.3, 0.4) is 0 Å². The van der Waals surface area contributed by atoms with E-state index in [1.54, 1.807) is 0 Å². The van der Waals surface area contributed by atoms with Gasteiger partial charge in [-0.05, 0) is 80.4 Å². The second-order valence-corrected chi connectivity index (χ2v) is 11.5. The van der Waals surface area contributed by atoms with E-state index in [0.717, 1.165) is 85.7 Å². The maximum absolute atomic E-state index is 13.6. The Balaban J connectivity index is 1.14. The summed E-state index contributed by atoms with van der Waals surface area (Å²) in [5, 5.41) is 0. The Morgan fingerprint density at radius 2 is 1.71 bits per heavy atom. The van der Waals surface area contributed by atoms with Crippen molar-refractivity contribution in [2.45, 2.75) is 26.3 Å². The number of benzene rings is 3. The van der Waals surface area contributed by atoms with Crippen LogP contribution in [0.1, 0.15) is 24.2 Å². The van der Waals surface area contributed by atoms with Crippen LogP contribution < -0.4 is 4.90 Å². The third-order valence-electron chi connectivity index (χ3n) is 7.89. The normalized spacial score (nSPS) is 18.7. The molecule has 0 spiro atoms. The molecule has 1 aromatic heterocycles. The molecule has 2 aliphatic rings. The van der Waals surface area contributed by atoms with Crippen molar-refractivity contribution in [1.29, 1.82) is 0 Å². The van der Waals surface area contributed by atoms with Crippen LogP contribution in [-0.4, -0.2) is 64.5 Å². The largest absolute Gasteiger partial charge is 0.368 e. The second-order valence-electron chi connectivity index (χ2n) is 10.6. The van der Waals surface area contributed by atoms with Gasteiger partial charge in [-0.25, -0.2) is 4.98 Å². The number of imidazole rings is 1. The topological polar surface area (TPSA) is 44.6 Å². The third kappa shape index (κ3) is 5.22. The lowest BCUT2D eigenvalue weighted by Gasteiger charge is -2.39. The summed E-state index contributed by atoms with van der Waals surface area (Å²) in [5.74, 6) is 1.40. The number of hydrogen-bond donors (Lipinski definition) is 0. The predicted molar refractivity (Wildman–Crippen MR) is 157 cm³/mol. The average molecular weight is 573 g/mol. The number of piperidine rings is 1. The zero-order valence-corrected chi connectivity index (χ0v) is 23.5. The van der Waals surface area contributed by atoms with Crippen molar-refractivity contribution in [2.24, 2.45) is 5.92 Å². The Hall–Kier alpha value is -3.16. The van der Waals surface area contributed by atoms with Crippen LogP contribution in [0, 0.1) is 12.8 Å². The second kappa shape index (κ2) is 10.9. The number of hydrogen-bond acceptors (Lipinski definition) is 4. The third-order valence-corrected chi connectivity index (χ3v) is 8.42. The summed E-state index contributed by atoms with van der Waals surface area (Å²) in [5.41, 5.74) is 5.75. The molecule has 3 aromatic carbocycles. The molecule has 0 aliphatic carbocycles. The number of aryl methyl sites for hydroxylation is 1. The average Bonchev–Trinajstić information content (AvgIpc) is 3.31. The molecule has 6 nitrogen and oxygen atoms in total. The van der Waals surface area contributed by atoms with E-state index in [2.05, 4.69) is 109 Å². The summed E-state index contributed by atoms with van der Waals surface area (Å²) in [6.07, 6.45) is 2.01. The zero-order chi connectivity index (χ0) is 26.1. The van der Waals surface area contributed by atoms with Crippen LogP contribution in [0.15, 0.2) is 77.3 Å². The van der Waals surface area contributed by atoms with E-state index in [-0.39, 0.29) is 5.92 Å². The van der Waals surface area contributed by atoms with Crippen molar-refractivity contribution in [1.82, 2.24) is 19.4 Å². The molecule has 7 heteroatoms. The first-order valence-corrected chi connectivity index (χ1v) is 14.4. The van der Waals surface area contributed by atoms with Gasteiger partial charge in [-0.2, -0.15) is 0 Å². The number of fused-ring (bicyclic) bond motifs is 1. The van der Waals surface area contributed by atoms with Crippen LogP contribution >= 0.6 is 15.9 Å². The molecule has 2 saturated heterocycles. The van der Waals surface area contributed by atoms with Gasteiger partial charge in [0.15, 0.2) is 0 Å². The number of rotatable bonds is 5. The number of carbonyl (C=O) groups is 1. The Morgan fingerprint density at radius 1 is 0.921 bits per heavy atom. The monoisotopic (exact) mass is 571 g/mol. The maximum Gasteiger partial charge on any atom is 0.227 e. The minimum absolute atomic E-state index is 0.0554. The summed E-state index contributed by atoms with van der Waals surface area (Å²) >= 11 is 3.56. The van der Waals surface area contributed by atoms with Crippen molar-refractivity contribution < 1.29 is 4.79 Å². The lowest BCUT2D eigenvalue weighted by Crippen LogP contribution is -2.52. The van der Waals surface area contributed by atoms with Gasteiger partial charge in [-0.15, -0.1) is 0 Å². The zero-order valence-electron chi connectivity index (χ0n) is 21.9. The number of amides is 1. The highest BCUT2D eigenvalue weighted by Crippen LogP contribution is 2.27. The fraction of sp³-hybridized carbons (Fsp3) is 0.355. The number of halogens is 1. The quantitative estimate of drug-likeness (QED) is 0.310. The Bertz CT molecular complexity index is 1420. The smallest absolute Gasteiger partial charge is 0.227 e. The molecule has 0 saturated carbocycles. The molecule has 0 bridgehead atoms. The number of anilines is 1. The van der Waals surface area contributed by atoms with E-state index >= 15 is 0 Å². The number of aromatic nitrogens is 2. The first kappa shape index (κ1) is 25.1. The summed E-state index contributed by atoms with van der Waals surface area (Å²) in [4.78, 5) is 25.5. The minimum Gasteiger partial charge on any atom is -0.368 e. The van der Waals surface area contributed by atoms with E-state index < -0.39 is 0 Å². The van der Waals surface area contributed by atoms with Crippen LogP contribution in [0.5, 0.6) is 0 Å². The molecule has 2 aliphatic heterocycles. The van der Waals surface area contributed by atoms with Crippen LogP contribution in [0.4, 0.5) is 5.69 Å². The van der Waals surface area contributed by atoms with Gasteiger partial charge in [0, 0.05) is 48.6 Å². The number of piperazine rings is 1. The number of nitrogens with zero attached hydrogens (tertiary/aromatic N) is 5. The lowest BCUT2D eigenvalue weighted by atomic mass is 9.96. The van der Waals surface area contributed by atoms with E-state index in [1.165, 1.54) is 11.3 Å². The Labute approximate surface area is 233 Å². The summed E-state index contributed by atoms with van der Waals surface area (Å²) in [6.45, 7) is 8.02. The molecule has 0 unspecified atom stereocenters. The predicted octanol–water partition coefficient (Wildman–Crippen LogP) is 5.66. The number of carbonyl (C=O) groups excluding carboxylic acids is 1. The molecule has 2 fully saturated rings. The molecule has 1 atom stereocenters. The van der Waals surface area contributed by atoms with E-state index in [0.29, 0.717) is 5.91 Å². The highest BCUT2D eigenvalue weighted by Gasteiger charge is 2.31. The molecule has 6 rings (SSSR count). The van der Waals surface area contributed by atoms with Gasteiger partial charge in [0.05, 0.1) is 23.5 Å². The number of likely N-dealkylation sites (tertiary alicyclic amines) is 1. The Kier molecular flexibility index (Phi) is 7.22. The summed E-state index contributed by atoms with van der Waals surface area (Å²) in [7, 11) is 0. The van der Waals surface area contributed by atoms with Crippen molar-refractivity contribution >= 4 is 38.6 Å². The van der Waals surface area contributed by atoms with Crippen LogP contribution in [0.2, 0.25) is 0 Å². The number of para-hydroxylation sites is 2. The molecule has 0 radical (unpaired) electrons. The molecule has 0 N–H and O–H groups in total. The first-order chi connectivity index (χ1) is 18.5. The first-order valence-electron chi connectivity index (χ1n) is 13.6. The van der Waals surface area contributed by atoms with Gasteiger partial charge >= 0.3 is 0 Å². The standard InChI is InChI=1S/C31H34BrN5O/c1-23-6-4-8-27(20-23)35-16-18-36(19-17-35)31(38)24-7-5-15-34(21-24)22-30-33-28-9-2-3-10-29(28)37(30)26-13-11-25(32)12-14-26/h2-4,6,8-14,20,24H,5,7,15-19,21-22H2,1H3/t24-/m1/s1. The molecule has 3 heterocycles. The van der Waals surface area contributed by atoms with Crippen LogP contribution in [0.25, 0.3) is 16.7 Å². The highest BCUT2D eigenvalue weighted by atomic mass is 79.9. The SMILES string of the molecule is Cc1cccc(N2CCN(C(=O)[C@@H]3CCCN(Cc4nc5ccccc5n4-c4ccc(Br)cc4)C3)CC2)c1. The molecular formula is C31H34BrN5O. The van der Waals surface area contributed by atoms with Gasteiger partial charge in [0.2, 0.25) is 5.91 Å². The van der Waals surface area contributed by atoms with Crippen molar-refractivity contribution in [3.8, 4) is 5.69 Å². The Morgan fingerprint density at radius 3 is 2.50 bits per heavy atom. The van der Waals surface area contributed by atoms with Crippen molar-refractivity contribution in [3.05, 3.63) is 88.7 Å². The van der Waals surface area contributed by atoms with Gasteiger partial charge < -0.3 is 9.80 Å². The molecule has 1 amide bonds. The van der Waals surface area contributed by atoms with Gasteiger partial charge in [-0.3, -0.25) is 14.3 Å². The van der Waals surface area contributed by atoms with E-state index in [4.69, 9.17) is 4.98 Å². The molecule has 4 aromatic rings. The molecule has 38 heavy (non-hydrogen) atoms. The van der Waals surface area contributed by atoms with Crippen molar-refractivity contribution in [2.75, 3.05) is 44.2 Å². The van der Waals surface area contributed by atoms with E-state index in [9.17, 15) is 4.79 Å². The van der Waals surface area contributed by atoms with Gasteiger partial charge in [-0.1, -0.05) is 40.2 Å². The summed E-state index contributed by atoms with van der Waals surface area (Å²) < 4.78 is 3.32. The van der Waals surface area contributed by atoms with Crippen molar-refractivity contribution in [3.63, 3.8) is 0 Å². The molecule has 196 valence electrons. The van der Waals surface area contributed by atoms with Gasteiger partial charge in [0.1, 0.15) is 5.82 Å². The lowest BCUT2D eigenvalue weighted by molar-refractivity contribution is -0.137. The van der Waals surface area contributed by atoms with Crippen LogP contribution in [-0.2, 0) is 11.3 Å². The minimum atomic E-state index is 0.0554. The van der Waals surface area contributed by atoms with Gasteiger partial charge in [0.25, 0.3) is 0 Å². The van der Waals surface area contributed by atoms with E-state index in [1.807, 2.05) is 6.07 Å². The summed E-state index contributed by atoms with van der Waals surface area (Å²) in [6, 6.07) is 25.4. The maximum atomic E-state index is 13.6.